The molecular weight excluding hydrogens is 542 g/mol. The lowest BCUT2D eigenvalue weighted by molar-refractivity contribution is 0.315. The Bertz CT molecular complexity index is 724. The van der Waals surface area contributed by atoms with Gasteiger partial charge in [-0.05, 0) is 44.2 Å². The minimum atomic E-state index is 1.10. The Morgan fingerprint density at radius 3 is 1.09 bits per heavy atom. The standard InChI is InChI=1S/C44H82N/c1-4-6-8-10-12-14-16-18-20-22-24-26-28-30-32-34-39-43-45(3,44-40-36-35-37-41-44)42-38-33-31-29-27-25-23-21-19-17-15-13-11-9-7-5-2/h30,32,35-37,40-41H,4-29,31,33-34,38-39,42-43H2,1-3H3/q+1. The lowest BCUT2D eigenvalue weighted by Crippen LogP contribution is -2.46. The van der Waals surface area contributed by atoms with Crippen LogP contribution in [0.25, 0.3) is 0 Å². The first-order valence-electron chi connectivity index (χ1n) is 20.8. The van der Waals surface area contributed by atoms with Crippen LogP contribution < -0.4 is 4.48 Å². The Morgan fingerprint density at radius 1 is 0.378 bits per heavy atom. The van der Waals surface area contributed by atoms with Crippen molar-refractivity contribution < 1.29 is 0 Å². The highest BCUT2D eigenvalue weighted by Crippen LogP contribution is 2.23. The Morgan fingerprint density at radius 2 is 0.689 bits per heavy atom. The topological polar surface area (TPSA) is 0 Å². The zero-order valence-electron chi connectivity index (χ0n) is 31.3. The summed E-state index contributed by atoms with van der Waals surface area (Å²) in [6, 6.07) is 11.3. The van der Waals surface area contributed by atoms with Gasteiger partial charge in [0.1, 0.15) is 5.69 Å². The van der Waals surface area contributed by atoms with E-state index in [0.29, 0.717) is 0 Å². The summed E-state index contributed by atoms with van der Waals surface area (Å²) in [5.41, 5.74) is 1.50. The van der Waals surface area contributed by atoms with Crippen molar-refractivity contribution in [3.63, 3.8) is 0 Å². The van der Waals surface area contributed by atoms with Crippen LogP contribution in [-0.4, -0.2) is 20.1 Å². The van der Waals surface area contributed by atoms with E-state index < -0.39 is 0 Å². The molecule has 0 aliphatic carbocycles. The molecule has 0 bridgehead atoms. The van der Waals surface area contributed by atoms with Crippen LogP contribution >= 0.6 is 0 Å². The Kier molecular flexibility index (Phi) is 30.6. The van der Waals surface area contributed by atoms with Gasteiger partial charge in [-0.1, -0.05) is 205 Å². The second kappa shape index (κ2) is 32.8. The van der Waals surface area contributed by atoms with Crippen molar-refractivity contribution in [2.45, 2.75) is 213 Å². The number of allylic oxidation sites excluding steroid dienone is 2. The van der Waals surface area contributed by atoms with Gasteiger partial charge in [-0.3, -0.25) is 4.48 Å². The van der Waals surface area contributed by atoms with E-state index in [1.54, 1.807) is 0 Å². The van der Waals surface area contributed by atoms with Crippen LogP contribution in [0.2, 0.25) is 0 Å². The van der Waals surface area contributed by atoms with Gasteiger partial charge in [-0.25, -0.2) is 0 Å². The monoisotopic (exact) mass is 625 g/mol. The molecule has 0 aromatic heterocycles. The molecular formula is C44H82N+. The van der Waals surface area contributed by atoms with E-state index in [1.165, 1.54) is 218 Å². The number of unbranched alkanes of at least 4 members (excludes halogenated alkanes) is 28. The summed E-state index contributed by atoms with van der Waals surface area (Å²) in [5.74, 6) is 0. The number of benzene rings is 1. The van der Waals surface area contributed by atoms with Crippen molar-refractivity contribution in [2.24, 2.45) is 0 Å². The molecule has 0 heterocycles. The normalized spacial score (nSPS) is 13.1. The molecule has 45 heavy (non-hydrogen) atoms. The first-order chi connectivity index (χ1) is 22.2. The van der Waals surface area contributed by atoms with Crippen LogP contribution in [0.1, 0.15) is 213 Å². The maximum absolute atomic E-state index is 2.48. The molecule has 0 aliphatic rings. The lowest BCUT2D eigenvalue weighted by atomic mass is 10.0. The van der Waals surface area contributed by atoms with Gasteiger partial charge < -0.3 is 0 Å². The summed E-state index contributed by atoms with van der Waals surface area (Å²) in [7, 11) is 2.48. The predicted octanol–water partition coefficient (Wildman–Crippen LogP) is 15.3. The third-order valence-electron chi connectivity index (χ3n) is 10.3. The number of hydrogen-bond acceptors (Lipinski definition) is 0. The number of hydrogen-bond donors (Lipinski definition) is 0. The minimum Gasteiger partial charge on any atom is -0.294 e. The van der Waals surface area contributed by atoms with Gasteiger partial charge in [-0.2, -0.15) is 0 Å². The Balaban J connectivity index is 2.06. The molecule has 1 heteroatoms. The van der Waals surface area contributed by atoms with E-state index in [0.717, 1.165) is 4.48 Å². The zero-order valence-corrected chi connectivity index (χ0v) is 31.3. The Labute approximate surface area is 285 Å². The van der Waals surface area contributed by atoms with Crippen LogP contribution in [0, 0.1) is 0 Å². The second-order valence-electron chi connectivity index (χ2n) is 14.8. The quantitative estimate of drug-likeness (QED) is 0.0400. The van der Waals surface area contributed by atoms with E-state index in [-0.39, 0.29) is 0 Å². The lowest BCUT2D eigenvalue weighted by Gasteiger charge is -2.34. The van der Waals surface area contributed by atoms with E-state index in [9.17, 15) is 0 Å². The van der Waals surface area contributed by atoms with E-state index in [1.807, 2.05) is 0 Å². The van der Waals surface area contributed by atoms with Gasteiger partial charge >= 0.3 is 0 Å². The molecule has 1 rings (SSSR count). The molecule has 0 amide bonds. The average molecular weight is 625 g/mol. The second-order valence-corrected chi connectivity index (χ2v) is 14.8. The average Bonchev–Trinajstić information content (AvgIpc) is 3.06. The van der Waals surface area contributed by atoms with Crippen molar-refractivity contribution in [3.05, 3.63) is 42.5 Å². The molecule has 0 saturated heterocycles. The molecule has 0 aliphatic heterocycles. The fourth-order valence-corrected chi connectivity index (χ4v) is 7.06. The highest BCUT2D eigenvalue weighted by atomic mass is 15.3. The van der Waals surface area contributed by atoms with E-state index >= 15 is 0 Å². The number of quaternary nitrogens is 1. The minimum absolute atomic E-state index is 1.10. The van der Waals surface area contributed by atoms with Gasteiger partial charge in [0.2, 0.25) is 0 Å². The van der Waals surface area contributed by atoms with Crippen molar-refractivity contribution >= 4 is 5.69 Å². The summed E-state index contributed by atoms with van der Waals surface area (Å²) in [6.07, 6.45) is 49.1. The third-order valence-corrected chi connectivity index (χ3v) is 10.3. The maximum atomic E-state index is 2.48. The molecule has 1 unspecified atom stereocenters. The summed E-state index contributed by atoms with van der Waals surface area (Å²) in [5, 5.41) is 0. The molecule has 1 atom stereocenters. The van der Waals surface area contributed by atoms with Crippen molar-refractivity contribution in [2.75, 3.05) is 20.1 Å². The molecule has 1 nitrogen and oxygen atoms in total. The van der Waals surface area contributed by atoms with Gasteiger partial charge in [0.25, 0.3) is 0 Å². The van der Waals surface area contributed by atoms with Gasteiger partial charge in [-0.15, -0.1) is 0 Å². The Hall–Kier alpha value is -1.08. The zero-order chi connectivity index (χ0) is 32.4. The summed E-state index contributed by atoms with van der Waals surface area (Å²) < 4.78 is 1.10. The summed E-state index contributed by atoms with van der Waals surface area (Å²) >= 11 is 0. The third kappa shape index (κ3) is 26.7. The molecule has 0 spiro atoms. The smallest absolute Gasteiger partial charge is 0.132 e. The van der Waals surface area contributed by atoms with Crippen molar-refractivity contribution in [1.29, 1.82) is 0 Å². The fraction of sp³-hybridized carbons (Fsp3) is 0.818. The molecule has 0 radical (unpaired) electrons. The SMILES string of the molecule is CCCCCCCCCCCCCCC=CCCC[N+](C)(CCCCCCCCCCCCCCCCCC)c1ccccc1. The van der Waals surface area contributed by atoms with E-state index in [2.05, 4.69) is 63.4 Å². The largest absolute Gasteiger partial charge is 0.294 e. The van der Waals surface area contributed by atoms with Gasteiger partial charge in [0.15, 0.2) is 0 Å². The molecule has 1 aromatic carbocycles. The van der Waals surface area contributed by atoms with Crippen LogP contribution in [0.4, 0.5) is 5.69 Å². The highest BCUT2D eigenvalue weighted by Gasteiger charge is 2.23. The molecule has 0 fully saturated rings. The van der Waals surface area contributed by atoms with Crippen LogP contribution in [-0.2, 0) is 0 Å². The van der Waals surface area contributed by atoms with Crippen LogP contribution in [0.15, 0.2) is 42.5 Å². The van der Waals surface area contributed by atoms with Crippen molar-refractivity contribution in [1.82, 2.24) is 4.48 Å². The molecule has 262 valence electrons. The van der Waals surface area contributed by atoms with Crippen LogP contribution in [0.3, 0.4) is 0 Å². The first kappa shape index (κ1) is 41.9. The summed E-state index contributed by atoms with van der Waals surface area (Å²) in [4.78, 5) is 0. The molecule has 1 aromatic rings. The predicted molar refractivity (Wildman–Crippen MR) is 208 cm³/mol. The maximum Gasteiger partial charge on any atom is 0.132 e. The highest BCUT2D eigenvalue weighted by molar-refractivity contribution is 5.41. The number of rotatable bonds is 35. The van der Waals surface area contributed by atoms with Crippen molar-refractivity contribution in [3.8, 4) is 0 Å². The number of para-hydroxylation sites is 1. The van der Waals surface area contributed by atoms with Gasteiger partial charge in [0.05, 0.1) is 20.1 Å². The van der Waals surface area contributed by atoms with Gasteiger partial charge in [0, 0.05) is 6.42 Å². The molecule has 0 N–H and O–H groups in total. The first-order valence-corrected chi connectivity index (χ1v) is 20.8. The number of nitrogens with zero attached hydrogens (tertiary/aromatic N) is 1. The van der Waals surface area contributed by atoms with E-state index in [4.69, 9.17) is 0 Å². The fourth-order valence-electron chi connectivity index (χ4n) is 7.06. The summed E-state index contributed by atoms with van der Waals surface area (Å²) in [6.45, 7) is 7.15. The van der Waals surface area contributed by atoms with Crippen LogP contribution in [0.5, 0.6) is 0 Å². The molecule has 0 saturated carbocycles.